The quantitative estimate of drug-likeness (QED) is 0.746. The molecule has 0 bridgehead atoms. The zero-order valence-electron chi connectivity index (χ0n) is 15.2. The third-order valence-corrected chi connectivity index (χ3v) is 5.19. The number of aryl methyl sites for hydroxylation is 1. The van der Waals surface area contributed by atoms with E-state index in [0.29, 0.717) is 43.9 Å². The van der Waals surface area contributed by atoms with Gasteiger partial charge in [-0.05, 0) is 37.6 Å². The number of carbonyl (C=O) groups excluding carboxylic acids is 2. The number of H-pyrrole nitrogens is 1. The standard InChI is InChI=1S/C19H23N5O3/c1-12-7-15(22-21-12)8-14-10-23(11-17(14)25)18(26)13-3-2-4-16(9-13)24-6-5-20-19(24)27/h2-4,7,9,14,17,25H,5-6,8,10-11H2,1H3,(H,20,27)(H,21,22)/t14-,17-/m1/s1. The van der Waals surface area contributed by atoms with Crippen LogP contribution in [0.25, 0.3) is 0 Å². The zero-order chi connectivity index (χ0) is 19.0. The van der Waals surface area contributed by atoms with Gasteiger partial charge < -0.3 is 15.3 Å². The van der Waals surface area contributed by atoms with Crippen molar-refractivity contribution in [2.45, 2.75) is 19.4 Å². The fourth-order valence-corrected chi connectivity index (χ4v) is 3.78. The lowest BCUT2D eigenvalue weighted by atomic mass is 10.0. The number of β-amino-alcohol motifs (C(OH)–C–C–N with tert-alkyl or cyclic N) is 1. The number of urea groups is 1. The van der Waals surface area contributed by atoms with Gasteiger partial charge in [-0.1, -0.05) is 6.07 Å². The molecule has 1 aromatic carbocycles. The van der Waals surface area contributed by atoms with E-state index in [0.717, 1.165) is 11.4 Å². The molecule has 0 aliphatic carbocycles. The molecule has 2 fully saturated rings. The molecule has 142 valence electrons. The summed E-state index contributed by atoms with van der Waals surface area (Å²) < 4.78 is 0. The van der Waals surface area contributed by atoms with E-state index in [9.17, 15) is 14.7 Å². The van der Waals surface area contributed by atoms with E-state index in [1.807, 2.05) is 19.1 Å². The fraction of sp³-hybridized carbons (Fsp3) is 0.421. The Hall–Kier alpha value is -2.87. The van der Waals surface area contributed by atoms with Crippen molar-refractivity contribution in [3.05, 3.63) is 47.3 Å². The summed E-state index contributed by atoms with van der Waals surface area (Å²) in [6.45, 7) is 3.92. The van der Waals surface area contributed by atoms with Crippen molar-refractivity contribution in [1.29, 1.82) is 0 Å². The van der Waals surface area contributed by atoms with Crippen LogP contribution < -0.4 is 10.2 Å². The summed E-state index contributed by atoms with van der Waals surface area (Å²) in [6.07, 6.45) is 0.0574. The Labute approximate surface area is 157 Å². The number of benzene rings is 1. The van der Waals surface area contributed by atoms with E-state index >= 15 is 0 Å². The average Bonchev–Trinajstić information content (AvgIpc) is 3.36. The van der Waals surface area contributed by atoms with Gasteiger partial charge in [0.25, 0.3) is 5.91 Å². The molecular weight excluding hydrogens is 346 g/mol. The summed E-state index contributed by atoms with van der Waals surface area (Å²) in [7, 11) is 0. The molecule has 2 atom stereocenters. The van der Waals surface area contributed by atoms with Gasteiger partial charge >= 0.3 is 6.03 Å². The number of hydrogen-bond donors (Lipinski definition) is 3. The van der Waals surface area contributed by atoms with E-state index < -0.39 is 6.10 Å². The molecule has 1 aromatic heterocycles. The zero-order valence-corrected chi connectivity index (χ0v) is 15.2. The van der Waals surface area contributed by atoms with Crippen LogP contribution >= 0.6 is 0 Å². The van der Waals surface area contributed by atoms with Crippen LogP contribution in [0.5, 0.6) is 0 Å². The molecule has 0 radical (unpaired) electrons. The second-order valence-corrected chi connectivity index (χ2v) is 7.22. The van der Waals surface area contributed by atoms with Crippen molar-refractivity contribution in [1.82, 2.24) is 20.4 Å². The molecule has 3 heterocycles. The Kier molecular flexibility index (Phi) is 4.57. The van der Waals surface area contributed by atoms with Gasteiger partial charge in [-0.3, -0.25) is 14.8 Å². The van der Waals surface area contributed by atoms with E-state index in [1.54, 1.807) is 28.0 Å². The lowest BCUT2D eigenvalue weighted by molar-refractivity contribution is 0.0764. The molecule has 3 amide bonds. The minimum absolute atomic E-state index is 0.0378. The number of nitrogens with one attached hydrogen (secondary N) is 2. The number of amides is 3. The number of aromatic amines is 1. The SMILES string of the molecule is Cc1cc(C[C@@H]2CN(C(=O)c3cccc(N4CCNC4=O)c3)C[C@H]2O)n[nH]1. The van der Waals surface area contributed by atoms with Gasteiger partial charge in [0.15, 0.2) is 0 Å². The van der Waals surface area contributed by atoms with E-state index in [4.69, 9.17) is 0 Å². The second kappa shape index (κ2) is 7.03. The first kappa shape index (κ1) is 17.5. The third-order valence-electron chi connectivity index (χ3n) is 5.19. The lowest BCUT2D eigenvalue weighted by Gasteiger charge is -2.18. The van der Waals surface area contributed by atoms with Gasteiger partial charge in [0.05, 0.1) is 11.8 Å². The first-order valence-corrected chi connectivity index (χ1v) is 9.15. The number of rotatable bonds is 4. The normalized spacial score (nSPS) is 22.4. The van der Waals surface area contributed by atoms with Crippen molar-refractivity contribution in [2.24, 2.45) is 5.92 Å². The fourth-order valence-electron chi connectivity index (χ4n) is 3.78. The Bertz CT molecular complexity index is 865. The number of aromatic nitrogens is 2. The summed E-state index contributed by atoms with van der Waals surface area (Å²) in [5.41, 5.74) is 3.11. The number of aliphatic hydroxyl groups excluding tert-OH is 1. The number of hydrogen-bond acceptors (Lipinski definition) is 4. The van der Waals surface area contributed by atoms with Crippen LogP contribution in [0.15, 0.2) is 30.3 Å². The average molecular weight is 369 g/mol. The summed E-state index contributed by atoms with van der Waals surface area (Å²) in [6, 6.07) is 8.90. The summed E-state index contributed by atoms with van der Waals surface area (Å²) in [5, 5.41) is 20.3. The molecule has 4 rings (SSSR count). The van der Waals surface area contributed by atoms with E-state index in [-0.39, 0.29) is 17.9 Å². The smallest absolute Gasteiger partial charge is 0.321 e. The predicted molar refractivity (Wildman–Crippen MR) is 99.6 cm³/mol. The largest absolute Gasteiger partial charge is 0.391 e. The first-order chi connectivity index (χ1) is 13.0. The molecule has 2 saturated heterocycles. The van der Waals surface area contributed by atoms with Crippen LogP contribution in [0.3, 0.4) is 0 Å². The van der Waals surface area contributed by atoms with Gasteiger partial charge in [0.1, 0.15) is 0 Å². The third kappa shape index (κ3) is 3.52. The maximum absolute atomic E-state index is 12.9. The van der Waals surface area contributed by atoms with Crippen LogP contribution in [0.2, 0.25) is 0 Å². The number of likely N-dealkylation sites (tertiary alicyclic amines) is 1. The number of anilines is 1. The van der Waals surface area contributed by atoms with Crippen LogP contribution in [0.4, 0.5) is 10.5 Å². The minimum Gasteiger partial charge on any atom is -0.391 e. The Morgan fingerprint density at radius 1 is 1.33 bits per heavy atom. The van der Waals surface area contributed by atoms with Crippen molar-refractivity contribution in [2.75, 3.05) is 31.1 Å². The Morgan fingerprint density at radius 3 is 2.89 bits per heavy atom. The molecule has 0 spiro atoms. The summed E-state index contributed by atoms with van der Waals surface area (Å²) >= 11 is 0. The van der Waals surface area contributed by atoms with Crippen molar-refractivity contribution >= 4 is 17.6 Å². The summed E-state index contributed by atoms with van der Waals surface area (Å²) in [5.74, 6) is -0.166. The Balaban J connectivity index is 1.46. The van der Waals surface area contributed by atoms with Gasteiger partial charge in [-0.2, -0.15) is 5.10 Å². The second-order valence-electron chi connectivity index (χ2n) is 7.22. The Morgan fingerprint density at radius 2 is 2.19 bits per heavy atom. The van der Waals surface area contributed by atoms with Gasteiger partial charge in [0, 0.05) is 49.0 Å². The maximum atomic E-state index is 12.9. The van der Waals surface area contributed by atoms with Crippen LogP contribution in [0, 0.1) is 12.8 Å². The van der Waals surface area contributed by atoms with E-state index in [1.165, 1.54) is 0 Å². The highest BCUT2D eigenvalue weighted by molar-refractivity contribution is 5.98. The highest BCUT2D eigenvalue weighted by atomic mass is 16.3. The molecule has 0 saturated carbocycles. The molecule has 2 aromatic rings. The van der Waals surface area contributed by atoms with Gasteiger partial charge in [-0.25, -0.2) is 4.79 Å². The van der Waals surface area contributed by atoms with Crippen LogP contribution in [-0.2, 0) is 6.42 Å². The van der Waals surface area contributed by atoms with Crippen molar-refractivity contribution < 1.29 is 14.7 Å². The maximum Gasteiger partial charge on any atom is 0.321 e. The monoisotopic (exact) mass is 369 g/mol. The van der Waals surface area contributed by atoms with E-state index in [2.05, 4.69) is 15.5 Å². The highest BCUT2D eigenvalue weighted by Gasteiger charge is 2.35. The van der Waals surface area contributed by atoms with Crippen LogP contribution in [-0.4, -0.2) is 64.4 Å². The molecular formula is C19H23N5O3. The predicted octanol–water partition coefficient (Wildman–Crippen LogP) is 0.923. The first-order valence-electron chi connectivity index (χ1n) is 9.15. The van der Waals surface area contributed by atoms with Gasteiger partial charge in [0.2, 0.25) is 0 Å². The lowest BCUT2D eigenvalue weighted by Crippen LogP contribution is -2.30. The molecule has 0 unspecified atom stereocenters. The molecule has 8 heteroatoms. The molecule has 2 aliphatic heterocycles. The van der Waals surface area contributed by atoms with Gasteiger partial charge in [-0.15, -0.1) is 0 Å². The molecule has 8 nitrogen and oxygen atoms in total. The van der Waals surface area contributed by atoms with Crippen molar-refractivity contribution in [3.63, 3.8) is 0 Å². The summed E-state index contributed by atoms with van der Waals surface area (Å²) in [4.78, 5) is 28.1. The highest BCUT2D eigenvalue weighted by Crippen LogP contribution is 2.25. The molecule has 27 heavy (non-hydrogen) atoms. The number of carbonyl (C=O) groups is 2. The number of aliphatic hydroxyl groups is 1. The van der Waals surface area contributed by atoms with Crippen LogP contribution in [0.1, 0.15) is 21.7 Å². The minimum atomic E-state index is -0.571. The molecule has 3 N–H and O–H groups in total. The topological polar surface area (TPSA) is 102 Å². The van der Waals surface area contributed by atoms with Crippen molar-refractivity contribution in [3.8, 4) is 0 Å². The number of nitrogens with zero attached hydrogens (tertiary/aromatic N) is 3. The molecule has 2 aliphatic rings.